The molecule has 2 aromatic carbocycles. The van der Waals surface area contributed by atoms with Crippen LogP contribution in [0.3, 0.4) is 0 Å². The fourth-order valence-corrected chi connectivity index (χ4v) is 4.30. The third-order valence-corrected chi connectivity index (χ3v) is 6.44. The molecule has 0 aromatic heterocycles. The smallest absolute Gasteiger partial charge is 0.478 e. The maximum Gasteiger partial charge on any atom is 0.490 e. The minimum atomic E-state index is -5.08. The van der Waals surface area contributed by atoms with E-state index in [1.54, 1.807) is 24.3 Å². The van der Waals surface area contributed by atoms with Crippen LogP contribution in [-0.2, 0) is 14.3 Å². The molecule has 2 aliphatic rings. The lowest BCUT2D eigenvalue weighted by molar-refractivity contribution is -0.192. The molecule has 2 aromatic rings. The van der Waals surface area contributed by atoms with Gasteiger partial charge in [-0.2, -0.15) is 13.2 Å². The van der Waals surface area contributed by atoms with Crippen molar-refractivity contribution in [2.75, 3.05) is 69.2 Å². The number of benzene rings is 2. The summed E-state index contributed by atoms with van der Waals surface area (Å²) >= 11 is 0. The number of alkyl halides is 3. The van der Waals surface area contributed by atoms with Crippen LogP contribution in [0.25, 0.3) is 0 Å². The van der Waals surface area contributed by atoms with Crippen LogP contribution >= 0.6 is 0 Å². The standard InChI is InChI=1S/C25H30N4O5.C2HF3O2/c1-18-3-2-4-19(15-18)24(31)26-20-5-6-22(21(16-20)25(32)33)28-9-7-27(8-10-28)17-23(30)29-11-13-34-14-12-29;3-2(4,5)1(6)7/h2-6,15-16H,7-14,17H2,1H3,(H,26,31)(H,32,33);(H,6,7). The number of carboxylic acids is 2. The molecule has 2 fully saturated rings. The zero-order valence-corrected chi connectivity index (χ0v) is 22.3. The summed E-state index contributed by atoms with van der Waals surface area (Å²) in [6.45, 7) is 7.27. The molecule has 14 heteroatoms. The second-order valence-corrected chi connectivity index (χ2v) is 9.42. The molecule has 3 N–H and O–H groups in total. The predicted octanol–water partition coefficient (Wildman–Crippen LogP) is 2.56. The second-order valence-electron chi connectivity index (χ2n) is 9.42. The highest BCUT2D eigenvalue weighted by Crippen LogP contribution is 2.26. The number of aliphatic carboxylic acids is 1. The fraction of sp³-hybridized carbons (Fsp3) is 0.407. The van der Waals surface area contributed by atoms with Crippen molar-refractivity contribution in [3.8, 4) is 0 Å². The number of aromatic carboxylic acids is 1. The molecule has 41 heavy (non-hydrogen) atoms. The topological polar surface area (TPSA) is 140 Å². The number of carbonyl (C=O) groups excluding carboxylic acids is 2. The van der Waals surface area contributed by atoms with Gasteiger partial charge in [0.1, 0.15) is 0 Å². The summed E-state index contributed by atoms with van der Waals surface area (Å²) in [7, 11) is 0. The van der Waals surface area contributed by atoms with Gasteiger partial charge < -0.3 is 30.1 Å². The summed E-state index contributed by atoms with van der Waals surface area (Å²) in [5.41, 5.74) is 2.67. The Balaban J connectivity index is 0.000000587. The largest absolute Gasteiger partial charge is 0.490 e. The molecule has 4 rings (SSSR count). The van der Waals surface area contributed by atoms with Crippen molar-refractivity contribution in [2.45, 2.75) is 13.1 Å². The van der Waals surface area contributed by atoms with Crippen molar-refractivity contribution in [1.82, 2.24) is 9.80 Å². The Morgan fingerprint density at radius 3 is 2.12 bits per heavy atom. The lowest BCUT2D eigenvalue weighted by Gasteiger charge is -2.37. The average molecular weight is 581 g/mol. The van der Waals surface area contributed by atoms with E-state index in [0.29, 0.717) is 76.0 Å². The van der Waals surface area contributed by atoms with E-state index in [0.717, 1.165) is 5.56 Å². The molecule has 11 nitrogen and oxygen atoms in total. The molecule has 222 valence electrons. The van der Waals surface area contributed by atoms with E-state index in [1.807, 2.05) is 28.9 Å². The van der Waals surface area contributed by atoms with Crippen molar-refractivity contribution in [3.05, 3.63) is 59.2 Å². The van der Waals surface area contributed by atoms with Gasteiger partial charge in [-0.15, -0.1) is 0 Å². The van der Waals surface area contributed by atoms with Crippen molar-refractivity contribution < 1.29 is 47.3 Å². The van der Waals surface area contributed by atoms with Gasteiger partial charge in [-0.05, 0) is 37.3 Å². The minimum Gasteiger partial charge on any atom is -0.478 e. The highest BCUT2D eigenvalue weighted by Gasteiger charge is 2.38. The molecule has 0 radical (unpaired) electrons. The van der Waals surface area contributed by atoms with Gasteiger partial charge in [0, 0.05) is 50.5 Å². The van der Waals surface area contributed by atoms with E-state index in [1.165, 1.54) is 6.07 Å². The van der Waals surface area contributed by atoms with Crippen LogP contribution in [0.15, 0.2) is 42.5 Å². The number of morpholine rings is 1. The highest BCUT2D eigenvalue weighted by molar-refractivity contribution is 6.05. The minimum absolute atomic E-state index is 0.108. The highest BCUT2D eigenvalue weighted by atomic mass is 19.4. The van der Waals surface area contributed by atoms with Crippen LogP contribution in [0.2, 0.25) is 0 Å². The van der Waals surface area contributed by atoms with Gasteiger partial charge in [0.05, 0.1) is 31.0 Å². The van der Waals surface area contributed by atoms with E-state index in [4.69, 9.17) is 14.6 Å². The van der Waals surface area contributed by atoms with Gasteiger partial charge in [0.2, 0.25) is 5.91 Å². The van der Waals surface area contributed by atoms with Crippen LogP contribution < -0.4 is 10.2 Å². The molecule has 2 saturated heterocycles. The zero-order chi connectivity index (χ0) is 30.2. The van der Waals surface area contributed by atoms with E-state index >= 15 is 0 Å². The van der Waals surface area contributed by atoms with Crippen molar-refractivity contribution in [2.24, 2.45) is 0 Å². The molecule has 0 saturated carbocycles. The molecule has 0 bridgehead atoms. The SMILES string of the molecule is Cc1cccc(C(=O)Nc2ccc(N3CCN(CC(=O)N4CCOCC4)CC3)c(C(=O)O)c2)c1.O=C(O)C(F)(F)F. The normalized spacial score (nSPS) is 15.9. The van der Waals surface area contributed by atoms with Gasteiger partial charge in [0.25, 0.3) is 5.91 Å². The second kappa shape index (κ2) is 13.9. The molecule has 0 unspecified atom stereocenters. The summed E-state index contributed by atoms with van der Waals surface area (Å²) in [5.74, 6) is -3.98. The summed E-state index contributed by atoms with van der Waals surface area (Å²) < 4.78 is 37.0. The number of hydrogen-bond donors (Lipinski definition) is 3. The van der Waals surface area contributed by atoms with Crippen LogP contribution in [0, 0.1) is 6.92 Å². The Hall–Kier alpha value is -4.17. The number of carbonyl (C=O) groups is 4. The first kappa shape index (κ1) is 31.4. The number of piperazine rings is 1. The van der Waals surface area contributed by atoms with E-state index in [2.05, 4.69) is 10.2 Å². The number of hydrogen-bond acceptors (Lipinski definition) is 7. The Kier molecular flexibility index (Phi) is 10.7. The number of halogens is 3. The fourth-order valence-electron chi connectivity index (χ4n) is 4.30. The van der Waals surface area contributed by atoms with Gasteiger partial charge in [0.15, 0.2) is 0 Å². The lowest BCUT2D eigenvalue weighted by Crippen LogP contribution is -2.51. The monoisotopic (exact) mass is 580 g/mol. The number of nitrogens with zero attached hydrogens (tertiary/aromatic N) is 3. The van der Waals surface area contributed by atoms with Gasteiger partial charge >= 0.3 is 18.1 Å². The Morgan fingerprint density at radius 2 is 1.56 bits per heavy atom. The third-order valence-electron chi connectivity index (χ3n) is 6.44. The summed E-state index contributed by atoms with van der Waals surface area (Å²) in [4.78, 5) is 51.9. The first-order valence-corrected chi connectivity index (χ1v) is 12.7. The number of amides is 2. The first-order chi connectivity index (χ1) is 19.3. The van der Waals surface area contributed by atoms with Crippen LogP contribution in [-0.4, -0.2) is 109 Å². The zero-order valence-electron chi connectivity index (χ0n) is 22.3. The van der Waals surface area contributed by atoms with Crippen molar-refractivity contribution in [1.29, 1.82) is 0 Å². The summed E-state index contributed by atoms with van der Waals surface area (Å²) in [6.07, 6.45) is -5.08. The Morgan fingerprint density at radius 1 is 0.927 bits per heavy atom. The molecule has 0 aliphatic carbocycles. The van der Waals surface area contributed by atoms with Crippen molar-refractivity contribution in [3.63, 3.8) is 0 Å². The van der Waals surface area contributed by atoms with Gasteiger partial charge in [-0.1, -0.05) is 17.7 Å². The third kappa shape index (κ3) is 9.18. The quantitative estimate of drug-likeness (QED) is 0.470. The lowest BCUT2D eigenvalue weighted by atomic mass is 10.1. The Bertz CT molecular complexity index is 1260. The van der Waals surface area contributed by atoms with Gasteiger partial charge in [-0.25, -0.2) is 9.59 Å². The van der Waals surface area contributed by atoms with E-state index < -0.39 is 18.1 Å². The predicted molar refractivity (Wildman–Crippen MR) is 142 cm³/mol. The molecule has 2 amide bonds. The Labute approximate surface area is 234 Å². The molecule has 2 heterocycles. The maximum atomic E-state index is 12.6. The van der Waals surface area contributed by atoms with E-state index in [9.17, 15) is 32.7 Å². The molecule has 0 atom stereocenters. The van der Waals surface area contributed by atoms with Crippen LogP contribution in [0.4, 0.5) is 24.5 Å². The van der Waals surface area contributed by atoms with Crippen LogP contribution in [0.5, 0.6) is 0 Å². The van der Waals surface area contributed by atoms with Crippen LogP contribution in [0.1, 0.15) is 26.3 Å². The molecule has 2 aliphatic heterocycles. The number of anilines is 2. The number of ether oxygens (including phenoxy) is 1. The molecular formula is C27H31F3N4O7. The first-order valence-electron chi connectivity index (χ1n) is 12.7. The van der Waals surface area contributed by atoms with Gasteiger partial charge in [-0.3, -0.25) is 14.5 Å². The number of nitrogens with one attached hydrogen (secondary N) is 1. The average Bonchev–Trinajstić information content (AvgIpc) is 2.94. The molecule has 0 spiro atoms. The molecular weight excluding hydrogens is 549 g/mol. The van der Waals surface area contributed by atoms with E-state index in [-0.39, 0.29) is 17.4 Å². The summed E-state index contributed by atoms with van der Waals surface area (Å²) in [5, 5.41) is 19.7. The maximum absolute atomic E-state index is 12.6. The number of rotatable bonds is 6. The van der Waals surface area contributed by atoms with Crippen molar-refractivity contribution >= 4 is 35.1 Å². The number of aryl methyl sites for hydroxylation is 1. The summed E-state index contributed by atoms with van der Waals surface area (Å²) in [6, 6.07) is 12.2. The number of carboxylic acid groups (broad SMARTS) is 2.